The fraction of sp³-hybridized carbons (Fsp3) is 0.562. The van der Waals surface area contributed by atoms with Crippen molar-refractivity contribution in [1.29, 1.82) is 0 Å². The normalized spacial score (nSPS) is 18.3. The van der Waals surface area contributed by atoms with Crippen LogP contribution in [0.15, 0.2) is 18.2 Å². The summed E-state index contributed by atoms with van der Waals surface area (Å²) in [6.07, 6.45) is 3.09. The second kappa shape index (κ2) is 8.00. The third kappa shape index (κ3) is 5.02. The molecule has 1 fully saturated rings. The summed E-state index contributed by atoms with van der Waals surface area (Å²) in [7, 11) is 1.36. The predicted octanol–water partition coefficient (Wildman–Crippen LogP) is 2.70. The molecule has 116 valence electrons. The Morgan fingerprint density at radius 2 is 2.14 bits per heavy atom. The molecule has 5 heteroatoms. The van der Waals surface area contributed by atoms with Gasteiger partial charge in [0.25, 0.3) is 0 Å². The van der Waals surface area contributed by atoms with Crippen LogP contribution in [0, 0.1) is 6.92 Å². The maximum absolute atomic E-state index is 11.5. The zero-order valence-corrected chi connectivity index (χ0v) is 12.6. The summed E-state index contributed by atoms with van der Waals surface area (Å²) < 4.78 is 21.4. The Kier molecular flexibility index (Phi) is 6.02. The zero-order chi connectivity index (χ0) is 15.1. The van der Waals surface area contributed by atoms with Crippen LogP contribution in [0.3, 0.4) is 0 Å². The average molecular weight is 294 g/mol. The van der Waals surface area contributed by atoms with Gasteiger partial charge in [0, 0.05) is 6.61 Å². The minimum atomic E-state index is -0.365. The fourth-order valence-corrected chi connectivity index (χ4v) is 2.25. The molecule has 0 aliphatic carbocycles. The Labute approximate surface area is 125 Å². The number of rotatable bonds is 6. The van der Waals surface area contributed by atoms with Gasteiger partial charge < -0.3 is 18.9 Å². The van der Waals surface area contributed by atoms with E-state index in [2.05, 4.69) is 0 Å². The van der Waals surface area contributed by atoms with E-state index in [9.17, 15) is 4.79 Å². The summed E-state index contributed by atoms with van der Waals surface area (Å²) in [5.41, 5.74) is 1.44. The van der Waals surface area contributed by atoms with Crippen LogP contribution in [-0.2, 0) is 14.2 Å². The molecule has 0 amide bonds. The number of ether oxygens (including phenoxy) is 4. The highest BCUT2D eigenvalue weighted by Crippen LogP contribution is 2.18. The van der Waals surface area contributed by atoms with E-state index in [0.29, 0.717) is 24.5 Å². The summed E-state index contributed by atoms with van der Waals surface area (Å²) in [5.74, 6) is 0.277. The Morgan fingerprint density at radius 1 is 1.29 bits per heavy atom. The van der Waals surface area contributed by atoms with Gasteiger partial charge >= 0.3 is 5.97 Å². The Bertz CT molecular complexity index is 466. The number of carbonyl (C=O) groups is 1. The van der Waals surface area contributed by atoms with Crippen molar-refractivity contribution in [3.63, 3.8) is 0 Å². The molecule has 1 saturated heterocycles. The first kappa shape index (κ1) is 15.8. The molecule has 0 saturated carbocycles. The topological polar surface area (TPSA) is 54.0 Å². The van der Waals surface area contributed by atoms with Crippen LogP contribution in [0.5, 0.6) is 5.75 Å². The molecule has 1 aromatic carbocycles. The second-order valence-electron chi connectivity index (χ2n) is 5.04. The number of carbonyl (C=O) groups excluding carboxylic acids is 1. The van der Waals surface area contributed by atoms with Gasteiger partial charge in [-0.1, -0.05) is 0 Å². The molecule has 1 unspecified atom stereocenters. The van der Waals surface area contributed by atoms with Crippen molar-refractivity contribution < 1.29 is 23.7 Å². The number of benzene rings is 1. The van der Waals surface area contributed by atoms with Gasteiger partial charge in [0.2, 0.25) is 0 Å². The lowest BCUT2D eigenvalue weighted by molar-refractivity contribution is -0.165. The molecule has 1 heterocycles. The van der Waals surface area contributed by atoms with Gasteiger partial charge in [-0.2, -0.15) is 0 Å². The summed E-state index contributed by atoms with van der Waals surface area (Å²) >= 11 is 0. The van der Waals surface area contributed by atoms with Gasteiger partial charge in [0.1, 0.15) is 12.4 Å². The molecular formula is C16H22O5. The number of hydrogen-bond donors (Lipinski definition) is 0. The van der Waals surface area contributed by atoms with Crippen LogP contribution < -0.4 is 4.74 Å². The van der Waals surface area contributed by atoms with E-state index in [4.69, 9.17) is 18.9 Å². The molecule has 5 nitrogen and oxygen atoms in total. The number of esters is 1. The quantitative estimate of drug-likeness (QED) is 0.596. The Balaban J connectivity index is 1.79. The zero-order valence-electron chi connectivity index (χ0n) is 12.6. The summed E-state index contributed by atoms with van der Waals surface area (Å²) in [5, 5.41) is 0. The molecule has 0 bridgehead atoms. The van der Waals surface area contributed by atoms with Crippen molar-refractivity contribution in [2.24, 2.45) is 0 Å². The van der Waals surface area contributed by atoms with Crippen molar-refractivity contribution in [3.8, 4) is 5.75 Å². The van der Waals surface area contributed by atoms with Gasteiger partial charge in [0.15, 0.2) is 6.29 Å². The molecule has 0 aromatic heterocycles. The van der Waals surface area contributed by atoms with Gasteiger partial charge in [-0.25, -0.2) is 4.79 Å². The van der Waals surface area contributed by atoms with E-state index in [0.717, 1.165) is 31.4 Å². The van der Waals surface area contributed by atoms with E-state index in [1.165, 1.54) is 7.11 Å². The summed E-state index contributed by atoms with van der Waals surface area (Å²) in [4.78, 5) is 11.5. The molecule has 1 atom stereocenters. The minimum Gasteiger partial charge on any atom is -0.491 e. The second-order valence-corrected chi connectivity index (χ2v) is 5.04. The van der Waals surface area contributed by atoms with E-state index in [-0.39, 0.29) is 12.3 Å². The number of methoxy groups -OCH3 is 1. The molecule has 0 spiro atoms. The third-order valence-corrected chi connectivity index (χ3v) is 3.27. The van der Waals surface area contributed by atoms with Gasteiger partial charge in [0.05, 0.1) is 19.3 Å². The largest absolute Gasteiger partial charge is 0.491 e. The summed E-state index contributed by atoms with van der Waals surface area (Å²) in [6, 6.07) is 5.32. The Hall–Kier alpha value is -1.59. The van der Waals surface area contributed by atoms with Crippen molar-refractivity contribution in [2.45, 2.75) is 32.5 Å². The highest BCUT2D eigenvalue weighted by Gasteiger charge is 2.13. The molecule has 0 N–H and O–H groups in total. The molecular weight excluding hydrogens is 272 g/mol. The number of hydrogen-bond acceptors (Lipinski definition) is 5. The molecule has 1 aromatic rings. The first-order valence-corrected chi connectivity index (χ1v) is 7.25. The van der Waals surface area contributed by atoms with E-state index < -0.39 is 0 Å². The lowest BCUT2D eigenvalue weighted by Crippen LogP contribution is -2.24. The maximum Gasteiger partial charge on any atom is 0.337 e. The van der Waals surface area contributed by atoms with E-state index in [1.54, 1.807) is 12.1 Å². The highest BCUT2D eigenvalue weighted by atomic mass is 16.7. The standard InChI is InChI=1S/C16H22O5/c1-12-9-13(16(17)18-2)11-14(10-12)19-7-8-21-15-5-3-4-6-20-15/h9-11,15H,3-8H2,1-2H3. The van der Waals surface area contributed by atoms with E-state index >= 15 is 0 Å². The predicted molar refractivity (Wildman–Crippen MR) is 77.6 cm³/mol. The van der Waals surface area contributed by atoms with Crippen LogP contribution in [0.25, 0.3) is 0 Å². The smallest absolute Gasteiger partial charge is 0.337 e. The molecule has 2 rings (SSSR count). The lowest BCUT2D eigenvalue weighted by Gasteiger charge is -2.22. The maximum atomic E-state index is 11.5. The Morgan fingerprint density at radius 3 is 2.86 bits per heavy atom. The average Bonchev–Trinajstić information content (AvgIpc) is 2.51. The van der Waals surface area contributed by atoms with Crippen LogP contribution in [0.4, 0.5) is 0 Å². The first-order chi connectivity index (χ1) is 10.2. The summed E-state index contributed by atoms with van der Waals surface area (Å²) in [6.45, 7) is 3.56. The van der Waals surface area contributed by atoms with Gasteiger partial charge in [-0.05, 0) is 49.9 Å². The van der Waals surface area contributed by atoms with Crippen molar-refractivity contribution in [2.75, 3.05) is 26.9 Å². The number of aryl methyl sites for hydroxylation is 1. The molecule has 1 aliphatic rings. The fourth-order valence-electron chi connectivity index (χ4n) is 2.25. The van der Waals surface area contributed by atoms with Crippen molar-refractivity contribution in [3.05, 3.63) is 29.3 Å². The SMILES string of the molecule is COC(=O)c1cc(C)cc(OCCOC2CCCCO2)c1. The third-order valence-electron chi connectivity index (χ3n) is 3.27. The first-order valence-electron chi connectivity index (χ1n) is 7.25. The molecule has 1 aliphatic heterocycles. The monoisotopic (exact) mass is 294 g/mol. The van der Waals surface area contributed by atoms with Gasteiger partial charge in [-0.3, -0.25) is 0 Å². The van der Waals surface area contributed by atoms with Crippen LogP contribution in [-0.4, -0.2) is 39.2 Å². The van der Waals surface area contributed by atoms with Crippen LogP contribution >= 0.6 is 0 Å². The van der Waals surface area contributed by atoms with Crippen molar-refractivity contribution in [1.82, 2.24) is 0 Å². The molecule has 0 radical (unpaired) electrons. The van der Waals surface area contributed by atoms with Crippen LogP contribution in [0.2, 0.25) is 0 Å². The highest BCUT2D eigenvalue weighted by molar-refractivity contribution is 5.90. The molecule has 21 heavy (non-hydrogen) atoms. The lowest BCUT2D eigenvalue weighted by atomic mass is 10.1. The van der Waals surface area contributed by atoms with Gasteiger partial charge in [-0.15, -0.1) is 0 Å². The van der Waals surface area contributed by atoms with E-state index in [1.807, 2.05) is 13.0 Å². The van der Waals surface area contributed by atoms with Crippen molar-refractivity contribution >= 4 is 5.97 Å². The van der Waals surface area contributed by atoms with Crippen LogP contribution in [0.1, 0.15) is 35.2 Å². The minimum absolute atomic E-state index is 0.106.